The number of nitrogens with one attached hydrogen (secondary N) is 1. The van der Waals surface area contributed by atoms with Gasteiger partial charge in [0.25, 0.3) is 0 Å². The van der Waals surface area contributed by atoms with Crippen LogP contribution in [0, 0.1) is 6.92 Å². The van der Waals surface area contributed by atoms with Crippen molar-refractivity contribution in [2.75, 3.05) is 13.1 Å². The van der Waals surface area contributed by atoms with Gasteiger partial charge in [0.05, 0.1) is 0 Å². The maximum atomic E-state index is 4.28. The molecule has 2 aromatic rings. The summed E-state index contributed by atoms with van der Waals surface area (Å²) < 4.78 is 1.10. The van der Waals surface area contributed by atoms with Gasteiger partial charge in [0.15, 0.2) is 0 Å². The van der Waals surface area contributed by atoms with Crippen LogP contribution >= 0.6 is 27.3 Å². The quantitative estimate of drug-likeness (QED) is 0.856. The van der Waals surface area contributed by atoms with Gasteiger partial charge in [-0.05, 0) is 31.2 Å². The zero-order valence-corrected chi connectivity index (χ0v) is 12.9. The van der Waals surface area contributed by atoms with Gasteiger partial charge in [0.2, 0.25) is 0 Å². The zero-order chi connectivity index (χ0) is 13.0. The van der Waals surface area contributed by atoms with Crippen LogP contribution in [0.5, 0.6) is 0 Å². The number of rotatable bonds is 5. The lowest BCUT2D eigenvalue weighted by atomic mass is 10.1. The zero-order valence-electron chi connectivity index (χ0n) is 10.5. The summed E-state index contributed by atoms with van der Waals surface area (Å²) in [7, 11) is 0. The van der Waals surface area contributed by atoms with Crippen LogP contribution in [0.1, 0.15) is 17.5 Å². The van der Waals surface area contributed by atoms with E-state index in [2.05, 4.69) is 57.4 Å². The van der Waals surface area contributed by atoms with Crippen molar-refractivity contribution in [1.82, 2.24) is 15.5 Å². The Morgan fingerprint density at radius 2 is 2.17 bits per heavy atom. The number of aromatic nitrogens is 2. The molecule has 0 saturated carbocycles. The molecule has 0 radical (unpaired) electrons. The van der Waals surface area contributed by atoms with Crippen LogP contribution in [0.2, 0.25) is 0 Å². The summed E-state index contributed by atoms with van der Waals surface area (Å²) in [4.78, 5) is 0. The van der Waals surface area contributed by atoms with Gasteiger partial charge in [-0.1, -0.05) is 40.3 Å². The molecule has 96 valence electrons. The number of halogens is 1. The Labute approximate surface area is 120 Å². The SMILES string of the molecule is CCNCCc1nnc(-c2ccc(Br)cc2C)s1. The van der Waals surface area contributed by atoms with Gasteiger partial charge in [0, 0.05) is 23.0 Å². The minimum absolute atomic E-state index is 0.946. The Morgan fingerprint density at radius 3 is 2.89 bits per heavy atom. The van der Waals surface area contributed by atoms with E-state index >= 15 is 0 Å². The number of benzene rings is 1. The third-order valence-electron chi connectivity index (χ3n) is 2.65. The van der Waals surface area contributed by atoms with Crippen LogP contribution in [0.25, 0.3) is 10.6 Å². The van der Waals surface area contributed by atoms with E-state index in [1.807, 2.05) is 6.07 Å². The minimum atomic E-state index is 0.946. The highest BCUT2D eigenvalue weighted by Crippen LogP contribution is 2.28. The molecule has 18 heavy (non-hydrogen) atoms. The molecule has 0 unspecified atom stereocenters. The molecule has 1 aromatic heterocycles. The van der Waals surface area contributed by atoms with Gasteiger partial charge in [-0.2, -0.15) is 0 Å². The molecule has 0 atom stereocenters. The first kappa shape index (κ1) is 13.6. The largest absolute Gasteiger partial charge is 0.317 e. The third kappa shape index (κ3) is 3.37. The van der Waals surface area contributed by atoms with Crippen molar-refractivity contribution < 1.29 is 0 Å². The summed E-state index contributed by atoms with van der Waals surface area (Å²) in [5, 5.41) is 13.9. The third-order valence-corrected chi connectivity index (χ3v) is 4.16. The monoisotopic (exact) mass is 325 g/mol. The van der Waals surface area contributed by atoms with E-state index in [0.29, 0.717) is 0 Å². The maximum Gasteiger partial charge on any atom is 0.148 e. The summed E-state index contributed by atoms with van der Waals surface area (Å²) in [5.74, 6) is 0. The van der Waals surface area contributed by atoms with Crippen molar-refractivity contribution in [3.8, 4) is 10.6 Å². The van der Waals surface area contributed by atoms with Crippen molar-refractivity contribution in [1.29, 1.82) is 0 Å². The van der Waals surface area contributed by atoms with E-state index in [1.165, 1.54) is 11.1 Å². The van der Waals surface area contributed by atoms with Crippen LogP contribution in [0.3, 0.4) is 0 Å². The summed E-state index contributed by atoms with van der Waals surface area (Å²) in [5.41, 5.74) is 2.39. The predicted octanol–water partition coefficient (Wildman–Crippen LogP) is 3.43. The van der Waals surface area contributed by atoms with E-state index in [-0.39, 0.29) is 0 Å². The van der Waals surface area contributed by atoms with Crippen LogP contribution in [-0.4, -0.2) is 23.3 Å². The number of nitrogens with zero attached hydrogens (tertiary/aromatic N) is 2. The molecule has 0 fully saturated rings. The van der Waals surface area contributed by atoms with E-state index < -0.39 is 0 Å². The van der Waals surface area contributed by atoms with E-state index in [0.717, 1.165) is 34.0 Å². The van der Waals surface area contributed by atoms with Gasteiger partial charge in [0.1, 0.15) is 10.0 Å². The second kappa shape index (κ2) is 6.41. The second-order valence-corrected chi connectivity index (χ2v) is 6.04. The highest BCUT2D eigenvalue weighted by Gasteiger charge is 2.09. The summed E-state index contributed by atoms with van der Waals surface area (Å²) >= 11 is 5.15. The average Bonchev–Trinajstić information content (AvgIpc) is 2.78. The Bertz CT molecular complexity index is 525. The molecule has 0 saturated heterocycles. The normalized spacial score (nSPS) is 10.8. The lowest BCUT2D eigenvalue weighted by molar-refractivity contribution is 0.710. The Hall–Kier alpha value is -0.780. The van der Waals surface area contributed by atoms with Crippen LogP contribution in [-0.2, 0) is 6.42 Å². The average molecular weight is 326 g/mol. The molecule has 1 N–H and O–H groups in total. The number of hydrogen-bond acceptors (Lipinski definition) is 4. The van der Waals surface area contributed by atoms with Gasteiger partial charge >= 0.3 is 0 Å². The Kier molecular flexibility index (Phi) is 4.86. The van der Waals surface area contributed by atoms with Gasteiger partial charge in [-0.25, -0.2) is 0 Å². The smallest absolute Gasteiger partial charge is 0.148 e. The van der Waals surface area contributed by atoms with E-state index in [4.69, 9.17) is 0 Å². The van der Waals surface area contributed by atoms with Crippen molar-refractivity contribution in [2.45, 2.75) is 20.3 Å². The first-order valence-corrected chi connectivity index (χ1v) is 7.61. The maximum absolute atomic E-state index is 4.28. The van der Waals surface area contributed by atoms with Gasteiger partial charge in [-0.3, -0.25) is 0 Å². The number of aryl methyl sites for hydroxylation is 1. The molecule has 5 heteroatoms. The first-order valence-electron chi connectivity index (χ1n) is 6.00. The molecule has 2 rings (SSSR count). The fourth-order valence-corrected chi connectivity index (χ4v) is 3.11. The predicted molar refractivity (Wildman–Crippen MR) is 80.0 cm³/mol. The van der Waals surface area contributed by atoms with Crippen molar-refractivity contribution in [2.24, 2.45) is 0 Å². The molecule has 3 nitrogen and oxygen atoms in total. The molecule has 1 heterocycles. The van der Waals surface area contributed by atoms with Gasteiger partial charge in [-0.15, -0.1) is 10.2 Å². The molecular formula is C13H16BrN3S. The first-order chi connectivity index (χ1) is 8.70. The highest BCUT2D eigenvalue weighted by atomic mass is 79.9. The van der Waals surface area contributed by atoms with E-state index in [9.17, 15) is 0 Å². The number of hydrogen-bond donors (Lipinski definition) is 1. The molecule has 0 spiro atoms. The van der Waals surface area contributed by atoms with Crippen molar-refractivity contribution in [3.63, 3.8) is 0 Å². The molecule has 0 aliphatic rings. The van der Waals surface area contributed by atoms with Crippen molar-refractivity contribution >= 4 is 27.3 Å². The lowest BCUT2D eigenvalue weighted by Gasteiger charge is -2.01. The van der Waals surface area contributed by atoms with Crippen LogP contribution < -0.4 is 5.32 Å². The second-order valence-electron chi connectivity index (χ2n) is 4.06. The van der Waals surface area contributed by atoms with E-state index in [1.54, 1.807) is 11.3 Å². The van der Waals surface area contributed by atoms with Crippen LogP contribution in [0.4, 0.5) is 0 Å². The Balaban J connectivity index is 2.13. The lowest BCUT2D eigenvalue weighted by Crippen LogP contribution is -2.15. The fourth-order valence-electron chi connectivity index (χ4n) is 1.70. The summed E-state index contributed by atoms with van der Waals surface area (Å²) in [6.07, 6.45) is 0.946. The van der Waals surface area contributed by atoms with Crippen molar-refractivity contribution in [3.05, 3.63) is 33.2 Å². The Morgan fingerprint density at radius 1 is 1.33 bits per heavy atom. The molecule has 0 amide bonds. The molecular weight excluding hydrogens is 310 g/mol. The molecule has 0 aliphatic carbocycles. The standard InChI is InChI=1S/C13H16BrN3S/c1-3-15-7-6-12-16-17-13(18-12)11-5-4-10(14)8-9(11)2/h4-5,8,15H,3,6-7H2,1-2H3. The van der Waals surface area contributed by atoms with Crippen LogP contribution in [0.15, 0.2) is 22.7 Å². The minimum Gasteiger partial charge on any atom is -0.317 e. The fraction of sp³-hybridized carbons (Fsp3) is 0.385. The summed E-state index contributed by atoms with van der Waals surface area (Å²) in [6, 6.07) is 6.24. The highest BCUT2D eigenvalue weighted by molar-refractivity contribution is 9.10. The topological polar surface area (TPSA) is 37.8 Å². The molecule has 1 aromatic carbocycles. The molecule has 0 bridgehead atoms. The summed E-state index contributed by atoms with van der Waals surface area (Å²) in [6.45, 7) is 6.17. The number of likely N-dealkylation sites (N-methyl/N-ethyl adjacent to an activating group) is 1. The molecule has 0 aliphatic heterocycles. The van der Waals surface area contributed by atoms with Gasteiger partial charge < -0.3 is 5.32 Å².